The summed E-state index contributed by atoms with van der Waals surface area (Å²) >= 11 is 0. The average Bonchev–Trinajstić information content (AvgIpc) is 3.07. The summed E-state index contributed by atoms with van der Waals surface area (Å²) in [5, 5.41) is 3.03. The van der Waals surface area contributed by atoms with E-state index >= 15 is 0 Å². The predicted octanol–water partition coefficient (Wildman–Crippen LogP) is 3.31. The Hall–Kier alpha value is -2.73. The summed E-state index contributed by atoms with van der Waals surface area (Å²) in [6.07, 6.45) is 3.03. The van der Waals surface area contributed by atoms with Gasteiger partial charge in [0.25, 0.3) is 0 Å². The molecule has 6 nitrogen and oxygen atoms in total. The molecule has 0 radical (unpaired) electrons. The number of carbonyl (C=O) groups is 1. The van der Waals surface area contributed by atoms with Crippen molar-refractivity contribution in [3.8, 4) is 17.2 Å². The lowest BCUT2D eigenvalue weighted by molar-refractivity contribution is -0.122. The lowest BCUT2D eigenvalue weighted by Crippen LogP contribution is -2.36. The third kappa shape index (κ3) is 4.82. The number of benzene rings is 2. The van der Waals surface area contributed by atoms with E-state index in [2.05, 4.69) is 22.3 Å². The highest BCUT2D eigenvalue weighted by Gasteiger charge is 2.28. The summed E-state index contributed by atoms with van der Waals surface area (Å²) in [5.41, 5.74) is 2.25. The first-order valence-electron chi connectivity index (χ1n) is 10.3. The Morgan fingerprint density at radius 2 is 1.90 bits per heavy atom. The van der Waals surface area contributed by atoms with Crippen LogP contribution in [0.4, 0.5) is 0 Å². The minimum Gasteiger partial charge on any atom is -0.497 e. The Kier molecular flexibility index (Phi) is 6.20. The predicted molar refractivity (Wildman–Crippen MR) is 110 cm³/mol. The second-order valence-corrected chi connectivity index (χ2v) is 7.51. The van der Waals surface area contributed by atoms with E-state index in [4.69, 9.17) is 14.2 Å². The maximum Gasteiger partial charge on any atom is 0.234 e. The topological polar surface area (TPSA) is 60.0 Å². The Morgan fingerprint density at radius 3 is 2.69 bits per heavy atom. The van der Waals surface area contributed by atoms with Crippen LogP contribution >= 0.6 is 0 Å². The number of fused-ring (bicyclic) bond motifs is 1. The van der Waals surface area contributed by atoms with Gasteiger partial charge in [0.05, 0.1) is 26.9 Å². The monoisotopic (exact) mass is 396 g/mol. The Labute approximate surface area is 171 Å². The molecule has 0 bridgehead atoms. The summed E-state index contributed by atoms with van der Waals surface area (Å²) in [7, 11) is 1.65. The zero-order valence-corrected chi connectivity index (χ0v) is 16.9. The molecular formula is C23H28N2O4. The third-order valence-electron chi connectivity index (χ3n) is 5.52. The van der Waals surface area contributed by atoms with Crippen molar-refractivity contribution in [3.63, 3.8) is 0 Å². The van der Waals surface area contributed by atoms with Crippen molar-refractivity contribution in [2.24, 2.45) is 0 Å². The standard InChI is InChI=1S/C23H28N2O4/c1-27-19-8-5-17(6-9-19)15-24-23(26)16-25-11-2-4-20(25)18-7-10-21-22(14-18)29-13-3-12-28-21/h5-10,14,20H,2-4,11-13,15-16H2,1H3,(H,24,26)/t20-/m1/s1. The minimum atomic E-state index is 0.0436. The second-order valence-electron chi connectivity index (χ2n) is 7.51. The van der Waals surface area contributed by atoms with Crippen molar-refractivity contribution < 1.29 is 19.0 Å². The quantitative estimate of drug-likeness (QED) is 0.812. The zero-order chi connectivity index (χ0) is 20.1. The van der Waals surface area contributed by atoms with Gasteiger partial charge in [0, 0.05) is 19.0 Å². The van der Waals surface area contributed by atoms with Crippen LogP contribution in [0.2, 0.25) is 0 Å². The molecule has 2 aromatic rings. The molecule has 2 aliphatic rings. The van der Waals surface area contributed by atoms with Gasteiger partial charge < -0.3 is 19.5 Å². The molecule has 2 heterocycles. The molecule has 0 aliphatic carbocycles. The molecule has 0 aromatic heterocycles. The van der Waals surface area contributed by atoms with E-state index in [1.165, 1.54) is 5.56 Å². The van der Waals surface area contributed by atoms with Crippen LogP contribution in [-0.4, -0.2) is 44.2 Å². The first kappa shape index (κ1) is 19.6. The number of likely N-dealkylation sites (tertiary alicyclic amines) is 1. The Morgan fingerprint density at radius 1 is 1.10 bits per heavy atom. The number of hydrogen-bond acceptors (Lipinski definition) is 5. The highest BCUT2D eigenvalue weighted by Crippen LogP contribution is 2.37. The fraction of sp³-hybridized carbons (Fsp3) is 0.435. The SMILES string of the molecule is COc1ccc(CNC(=O)CN2CCC[C@@H]2c2ccc3c(c2)OCCCO3)cc1. The van der Waals surface area contributed by atoms with Crippen LogP contribution in [0.3, 0.4) is 0 Å². The molecule has 6 heteroatoms. The zero-order valence-electron chi connectivity index (χ0n) is 16.9. The molecule has 0 spiro atoms. The summed E-state index contributed by atoms with van der Waals surface area (Å²) in [6.45, 7) is 3.21. The summed E-state index contributed by atoms with van der Waals surface area (Å²) in [5.74, 6) is 2.49. The Bertz CT molecular complexity index is 837. The van der Waals surface area contributed by atoms with Crippen LogP contribution in [0.15, 0.2) is 42.5 Å². The number of methoxy groups -OCH3 is 1. The number of nitrogens with zero attached hydrogens (tertiary/aromatic N) is 1. The van der Waals surface area contributed by atoms with Gasteiger partial charge in [0.1, 0.15) is 5.75 Å². The molecule has 1 saturated heterocycles. The molecule has 0 unspecified atom stereocenters. The van der Waals surface area contributed by atoms with E-state index in [0.717, 1.165) is 48.6 Å². The van der Waals surface area contributed by atoms with Crippen molar-refractivity contribution in [1.82, 2.24) is 10.2 Å². The van der Waals surface area contributed by atoms with E-state index in [1.807, 2.05) is 30.3 Å². The normalized spacial score (nSPS) is 18.9. The van der Waals surface area contributed by atoms with Crippen molar-refractivity contribution in [2.45, 2.75) is 31.8 Å². The molecule has 1 atom stereocenters. The van der Waals surface area contributed by atoms with E-state index in [0.29, 0.717) is 26.3 Å². The summed E-state index contributed by atoms with van der Waals surface area (Å²) < 4.78 is 16.7. The molecule has 2 aliphatic heterocycles. The number of carbonyl (C=O) groups excluding carboxylic acids is 1. The molecule has 1 amide bonds. The number of ether oxygens (including phenoxy) is 3. The molecule has 29 heavy (non-hydrogen) atoms. The number of nitrogens with one attached hydrogen (secondary N) is 1. The summed E-state index contributed by atoms with van der Waals surface area (Å²) in [6, 6.07) is 14.2. The highest BCUT2D eigenvalue weighted by atomic mass is 16.5. The van der Waals surface area contributed by atoms with Crippen LogP contribution in [0.5, 0.6) is 17.2 Å². The van der Waals surface area contributed by atoms with Gasteiger partial charge >= 0.3 is 0 Å². The van der Waals surface area contributed by atoms with E-state index < -0.39 is 0 Å². The van der Waals surface area contributed by atoms with Gasteiger partial charge in [-0.2, -0.15) is 0 Å². The molecule has 0 saturated carbocycles. The van der Waals surface area contributed by atoms with Crippen molar-refractivity contribution >= 4 is 5.91 Å². The average molecular weight is 396 g/mol. The second kappa shape index (κ2) is 9.18. The van der Waals surface area contributed by atoms with Gasteiger partial charge in [-0.25, -0.2) is 0 Å². The molecule has 1 N–H and O–H groups in total. The highest BCUT2D eigenvalue weighted by molar-refractivity contribution is 5.78. The van der Waals surface area contributed by atoms with Gasteiger partial charge in [-0.15, -0.1) is 0 Å². The molecular weight excluding hydrogens is 368 g/mol. The fourth-order valence-electron chi connectivity index (χ4n) is 3.96. The lowest BCUT2D eigenvalue weighted by Gasteiger charge is -2.25. The number of amides is 1. The number of rotatable bonds is 6. The first-order valence-corrected chi connectivity index (χ1v) is 10.3. The van der Waals surface area contributed by atoms with Crippen LogP contribution in [-0.2, 0) is 11.3 Å². The molecule has 1 fully saturated rings. The Balaban J connectivity index is 1.35. The largest absolute Gasteiger partial charge is 0.497 e. The van der Waals surface area contributed by atoms with E-state index in [9.17, 15) is 4.79 Å². The molecule has 4 rings (SSSR count). The number of hydrogen-bond donors (Lipinski definition) is 1. The van der Waals surface area contributed by atoms with Crippen LogP contribution in [0, 0.1) is 0 Å². The fourth-order valence-corrected chi connectivity index (χ4v) is 3.96. The van der Waals surface area contributed by atoms with Crippen molar-refractivity contribution in [1.29, 1.82) is 0 Å². The van der Waals surface area contributed by atoms with E-state index in [-0.39, 0.29) is 11.9 Å². The first-order chi connectivity index (χ1) is 14.2. The van der Waals surface area contributed by atoms with Gasteiger partial charge in [0.2, 0.25) is 5.91 Å². The summed E-state index contributed by atoms with van der Waals surface area (Å²) in [4.78, 5) is 14.8. The smallest absolute Gasteiger partial charge is 0.234 e. The van der Waals surface area contributed by atoms with Crippen molar-refractivity contribution in [3.05, 3.63) is 53.6 Å². The van der Waals surface area contributed by atoms with Crippen LogP contribution < -0.4 is 19.5 Å². The van der Waals surface area contributed by atoms with Gasteiger partial charge in [-0.3, -0.25) is 9.69 Å². The molecule has 2 aromatic carbocycles. The molecule has 154 valence electrons. The third-order valence-corrected chi connectivity index (χ3v) is 5.52. The van der Waals surface area contributed by atoms with Gasteiger partial charge in [0.15, 0.2) is 11.5 Å². The lowest BCUT2D eigenvalue weighted by atomic mass is 10.0. The minimum absolute atomic E-state index is 0.0436. The maximum atomic E-state index is 12.5. The maximum absolute atomic E-state index is 12.5. The van der Waals surface area contributed by atoms with E-state index in [1.54, 1.807) is 7.11 Å². The van der Waals surface area contributed by atoms with Crippen LogP contribution in [0.1, 0.15) is 36.4 Å². The van der Waals surface area contributed by atoms with Gasteiger partial charge in [-0.1, -0.05) is 18.2 Å². The van der Waals surface area contributed by atoms with Gasteiger partial charge in [-0.05, 0) is 54.8 Å². The van der Waals surface area contributed by atoms with Crippen molar-refractivity contribution in [2.75, 3.05) is 33.4 Å². The van der Waals surface area contributed by atoms with Crippen LogP contribution in [0.25, 0.3) is 0 Å².